The monoisotopic (exact) mass is 305 g/mol. The molecule has 0 atom stereocenters. The van der Waals surface area contributed by atoms with Gasteiger partial charge in [-0.25, -0.2) is 8.42 Å². The molecule has 0 spiro atoms. The second-order valence-electron chi connectivity index (χ2n) is 5.79. The van der Waals surface area contributed by atoms with E-state index in [2.05, 4.69) is 11.8 Å². The molecule has 1 rings (SSSR count). The maximum atomic E-state index is 11.6. The molecule has 1 saturated carbocycles. The van der Waals surface area contributed by atoms with E-state index in [4.69, 9.17) is 5.11 Å². The summed E-state index contributed by atoms with van der Waals surface area (Å²) in [5, 5.41) is 8.59. The lowest BCUT2D eigenvalue weighted by Crippen LogP contribution is -2.36. The standard InChI is InChI=1S/C14H27NO4S/c1-2-8-15(11-13-6-4-3-5-7-13)9-10-20(18,19)12-14(16)17/h13H,2-12H2,1H3,(H,16,17). The normalized spacial score (nSPS) is 17.5. The first kappa shape index (κ1) is 17.4. The van der Waals surface area contributed by atoms with E-state index in [1.807, 2.05) is 0 Å². The lowest BCUT2D eigenvalue weighted by atomic mass is 9.89. The van der Waals surface area contributed by atoms with Gasteiger partial charge in [-0.15, -0.1) is 0 Å². The van der Waals surface area contributed by atoms with Crippen molar-refractivity contribution in [3.8, 4) is 0 Å². The van der Waals surface area contributed by atoms with Crippen LogP contribution in [0.25, 0.3) is 0 Å². The molecule has 1 aliphatic carbocycles. The first-order valence-electron chi connectivity index (χ1n) is 7.57. The van der Waals surface area contributed by atoms with Crippen molar-refractivity contribution < 1.29 is 18.3 Å². The molecule has 0 bridgehead atoms. The van der Waals surface area contributed by atoms with Crippen LogP contribution < -0.4 is 0 Å². The highest BCUT2D eigenvalue weighted by Crippen LogP contribution is 2.24. The average Bonchev–Trinajstić information content (AvgIpc) is 2.36. The molecule has 0 amide bonds. The zero-order valence-electron chi connectivity index (χ0n) is 12.4. The van der Waals surface area contributed by atoms with Gasteiger partial charge in [0.05, 0.1) is 5.75 Å². The van der Waals surface area contributed by atoms with E-state index in [-0.39, 0.29) is 5.75 Å². The lowest BCUT2D eigenvalue weighted by Gasteiger charge is -2.29. The van der Waals surface area contributed by atoms with Crippen molar-refractivity contribution in [2.45, 2.75) is 45.4 Å². The van der Waals surface area contributed by atoms with Crippen molar-refractivity contribution in [2.75, 3.05) is 31.1 Å². The Hall–Kier alpha value is -0.620. The van der Waals surface area contributed by atoms with Gasteiger partial charge in [0, 0.05) is 13.1 Å². The Morgan fingerprint density at radius 2 is 1.85 bits per heavy atom. The van der Waals surface area contributed by atoms with Crippen LogP contribution in [0.4, 0.5) is 0 Å². The minimum atomic E-state index is -3.48. The minimum Gasteiger partial charge on any atom is -0.480 e. The van der Waals surface area contributed by atoms with Crippen LogP contribution in [-0.4, -0.2) is 55.5 Å². The zero-order valence-corrected chi connectivity index (χ0v) is 13.2. The van der Waals surface area contributed by atoms with Gasteiger partial charge in [-0.1, -0.05) is 26.2 Å². The van der Waals surface area contributed by atoms with Crippen LogP contribution in [0.5, 0.6) is 0 Å². The highest BCUT2D eigenvalue weighted by Gasteiger charge is 2.20. The summed E-state index contributed by atoms with van der Waals surface area (Å²) in [6, 6.07) is 0. The molecular weight excluding hydrogens is 278 g/mol. The molecule has 118 valence electrons. The molecule has 0 heterocycles. The van der Waals surface area contributed by atoms with Crippen molar-refractivity contribution in [3.05, 3.63) is 0 Å². The van der Waals surface area contributed by atoms with E-state index in [1.165, 1.54) is 32.1 Å². The molecule has 0 unspecified atom stereocenters. The van der Waals surface area contributed by atoms with E-state index < -0.39 is 21.6 Å². The maximum Gasteiger partial charge on any atom is 0.318 e. The Morgan fingerprint density at radius 1 is 1.20 bits per heavy atom. The predicted octanol–water partition coefficient (Wildman–Crippen LogP) is 1.78. The number of hydrogen-bond donors (Lipinski definition) is 1. The Bertz CT molecular complexity index is 388. The van der Waals surface area contributed by atoms with Crippen LogP contribution in [0.2, 0.25) is 0 Å². The van der Waals surface area contributed by atoms with Crippen molar-refractivity contribution in [1.29, 1.82) is 0 Å². The summed E-state index contributed by atoms with van der Waals surface area (Å²) in [4.78, 5) is 12.7. The van der Waals surface area contributed by atoms with Crippen molar-refractivity contribution in [3.63, 3.8) is 0 Å². The summed E-state index contributed by atoms with van der Waals surface area (Å²) in [5.74, 6) is -1.39. The summed E-state index contributed by atoms with van der Waals surface area (Å²) >= 11 is 0. The Labute approximate surface area is 122 Å². The Kier molecular flexibility index (Phi) is 7.51. The van der Waals surface area contributed by atoms with Gasteiger partial charge in [-0.3, -0.25) is 4.79 Å². The summed E-state index contributed by atoms with van der Waals surface area (Å²) in [6.07, 6.45) is 7.34. The fraction of sp³-hybridized carbons (Fsp3) is 0.929. The van der Waals surface area contributed by atoms with Crippen molar-refractivity contribution >= 4 is 15.8 Å². The fourth-order valence-corrected chi connectivity index (χ4v) is 3.93. The number of carboxylic acids is 1. The van der Waals surface area contributed by atoms with Gasteiger partial charge < -0.3 is 10.0 Å². The third-order valence-corrected chi connectivity index (χ3v) is 5.33. The smallest absolute Gasteiger partial charge is 0.318 e. The van der Waals surface area contributed by atoms with E-state index in [1.54, 1.807) is 0 Å². The number of rotatable bonds is 9. The van der Waals surface area contributed by atoms with Gasteiger partial charge in [0.2, 0.25) is 0 Å². The molecule has 0 aromatic heterocycles. The van der Waals surface area contributed by atoms with Gasteiger partial charge in [0.1, 0.15) is 5.75 Å². The van der Waals surface area contributed by atoms with Gasteiger partial charge in [0.25, 0.3) is 0 Å². The SMILES string of the molecule is CCCN(CCS(=O)(=O)CC(=O)O)CC1CCCCC1. The molecule has 5 nitrogen and oxygen atoms in total. The highest BCUT2D eigenvalue weighted by atomic mass is 32.2. The maximum absolute atomic E-state index is 11.6. The number of sulfone groups is 1. The molecule has 0 aliphatic heterocycles. The number of carbonyl (C=O) groups is 1. The van der Waals surface area contributed by atoms with Crippen LogP contribution >= 0.6 is 0 Å². The van der Waals surface area contributed by atoms with Gasteiger partial charge in [0.15, 0.2) is 9.84 Å². The second-order valence-corrected chi connectivity index (χ2v) is 7.97. The highest BCUT2D eigenvalue weighted by molar-refractivity contribution is 7.92. The van der Waals surface area contributed by atoms with Crippen LogP contribution in [-0.2, 0) is 14.6 Å². The van der Waals surface area contributed by atoms with Gasteiger partial charge in [-0.2, -0.15) is 0 Å². The summed E-state index contributed by atoms with van der Waals surface area (Å²) in [7, 11) is -3.48. The van der Waals surface area contributed by atoms with Gasteiger partial charge in [-0.05, 0) is 31.7 Å². The van der Waals surface area contributed by atoms with E-state index in [9.17, 15) is 13.2 Å². The van der Waals surface area contributed by atoms with Crippen LogP contribution in [0, 0.1) is 5.92 Å². The van der Waals surface area contributed by atoms with E-state index >= 15 is 0 Å². The molecule has 6 heteroatoms. The summed E-state index contributed by atoms with van der Waals surface area (Å²) < 4.78 is 23.3. The molecule has 1 N–H and O–H groups in total. The molecule has 1 aliphatic rings. The quantitative estimate of drug-likeness (QED) is 0.703. The average molecular weight is 305 g/mol. The van der Waals surface area contributed by atoms with E-state index in [0.717, 1.165) is 19.5 Å². The molecule has 0 aromatic carbocycles. The third kappa shape index (κ3) is 7.24. The molecular formula is C14H27NO4S. The lowest BCUT2D eigenvalue weighted by molar-refractivity contribution is -0.134. The minimum absolute atomic E-state index is 0.0496. The fourth-order valence-electron chi connectivity index (χ4n) is 2.87. The van der Waals surface area contributed by atoms with E-state index in [0.29, 0.717) is 12.5 Å². The molecule has 0 aromatic rings. The first-order valence-corrected chi connectivity index (χ1v) is 9.39. The molecule has 0 radical (unpaired) electrons. The third-order valence-electron chi connectivity index (χ3n) is 3.84. The Morgan fingerprint density at radius 3 is 2.40 bits per heavy atom. The predicted molar refractivity (Wildman–Crippen MR) is 79.6 cm³/mol. The largest absolute Gasteiger partial charge is 0.480 e. The topological polar surface area (TPSA) is 74.7 Å². The van der Waals surface area contributed by atoms with Gasteiger partial charge >= 0.3 is 5.97 Å². The number of carboxylic acid groups (broad SMARTS) is 1. The number of aliphatic carboxylic acids is 1. The molecule has 20 heavy (non-hydrogen) atoms. The number of hydrogen-bond acceptors (Lipinski definition) is 4. The Balaban J connectivity index is 2.43. The molecule has 0 saturated heterocycles. The summed E-state index contributed by atoms with van der Waals surface area (Å²) in [5.41, 5.74) is 0. The number of nitrogens with zero attached hydrogens (tertiary/aromatic N) is 1. The molecule has 1 fully saturated rings. The van der Waals surface area contributed by atoms with Crippen LogP contribution in [0.15, 0.2) is 0 Å². The van der Waals surface area contributed by atoms with Crippen molar-refractivity contribution in [2.24, 2.45) is 5.92 Å². The zero-order chi connectivity index (χ0) is 15.0. The second kappa shape index (κ2) is 8.62. The van der Waals surface area contributed by atoms with Crippen LogP contribution in [0.3, 0.4) is 0 Å². The first-order chi connectivity index (χ1) is 9.43. The summed E-state index contributed by atoms with van der Waals surface area (Å²) in [6.45, 7) is 4.38. The van der Waals surface area contributed by atoms with Crippen LogP contribution in [0.1, 0.15) is 45.4 Å². The van der Waals surface area contributed by atoms with Crippen molar-refractivity contribution in [1.82, 2.24) is 4.90 Å².